The quantitative estimate of drug-likeness (QED) is 0.836. The molecule has 2 aliphatic heterocycles. The Hall–Kier alpha value is -1.57. The van der Waals surface area contributed by atoms with Gasteiger partial charge in [-0.15, -0.1) is 11.3 Å². The van der Waals surface area contributed by atoms with Gasteiger partial charge in [0, 0.05) is 13.0 Å². The lowest BCUT2D eigenvalue weighted by molar-refractivity contribution is 0.296. The van der Waals surface area contributed by atoms with Gasteiger partial charge in [0.1, 0.15) is 4.21 Å². The molecule has 1 fully saturated rings. The molecule has 0 unspecified atom stereocenters. The summed E-state index contributed by atoms with van der Waals surface area (Å²) in [6.07, 6.45) is 2.54. The fraction of sp³-hybridized carbons (Fsp3) is 0.412. The third-order valence-electron chi connectivity index (χ3n) is 4.42. The number of benzene rings is 1. The number of ether oxygens (including phenoxy) is 2. The van der Waals surface area contributed by atoms with Gasteiger partial charge >= 0.3 is 0 Å². The van der Waals surface area contributed by atoms with Gasteiger partial charge in [-0.3, -0.25) is 0 Å². The van der Waals surface area contributed by atoms with E-state index in [4.69, 9.17) is 9.47 Å². The molecule has 0 radical (unpaired) electrons. The van der Waals surface area contributed by atoms with E-state index < -0.39 is 10.0 Å². The van der Waals surface area contributed by atoms with E-state index >= 15 is 0 Å². The van der Waals surface area contributed by atoms with E-state index in [9.17, 15) is 8.42 Å². The summed E-state index contributed by atoms with van der Waals surface area (Å²) >= 11 is 1.27. The molecule has 4 rings (SSSR count). The first-order chi connectivity index (χ1) is 11.7. The zero-order valence-electron chi connectivity index (χ0n) is 13.2. The van der Waals surface area contributed by atoms with Gasteiger partial charge in [-0.2, -0.15) is 4.31 Å². The van der Waals surface area contributed by atoms with Crippen LogP contribution in [0.4, 0.5) is 0 Å². The second-order valence-corrected chi connectivity index (χ2v) is 9.03. The molecule has 3 heterocycles. The van der Waals surface area contributed by atoms with Gasteiger partial charge in [-0.05, 0) is 42.0 Å². The average molecular weight is 365 g/mol. The van der Waals surface area contributed by atoms with Gasteiger partial charge in [-0.25, -0.2) is 8.42 Å². The number of hydrogen-bond donors (Lipinski definition) is 0. The Labute approximate surface area is 145 Å². The van der Waals surface area contributed by atoms with Crippen molar-refractivity contribution in [2.75, 3.05) is 19.8 Å². The lowest BCUT2D eigenvalue weighted by Crippen LogP contribution is -2.30. The smallest absolute Gasteiger partial charge is 0.253 e. The third kappa shape index (κ3) is 2.81. The van der Waals surface area contributed by atoms with Gasteiger partial charge in [0.05, 0.1) is 19.3 Å². The summed E-state index contributed by atoms with van der Waals surface area (Å²) in [7, 11) is -3.44. The van der Waals surface area contributed by atoms with E-state index in [1.54, 1.807) is 21.8 Å². The van der Waals surface area contributed by atoms with Crippen LogP contribution in [0.1, 0.15) is 30.9 Å². The topological polar surface area (TPSA) is 55.8 Å². The van der Waals surface area contributed by atoms with Crippen molar-refractivity contribution in [3.05, 3.63) is 41.3 Å². The number of nitrogens with zero attached hydrogens (tertiary/aromatic N) is 1. The Bertz CT molecular complexity index is 817. The van der Waals surface area contributed by atoms with Crippen LogP contribution in [-0.4, -0.2) is 32.5 Å². The third-order valence-corrected chi connectivity index (χ3v) is 7.70. The van der Waals surface area contributed by atoms with Crippen LogP contribution in [0.25, 0.3) is 0 Å². The maximum Gasteiger partial charge on any atom is 0.253 e. The normalized spacial score (nSPS) is 21.6. The summed E-state index contributed by atoms with van der Waals surface area (Å²) in [6.45, 7) is 1.83. The molecule has 0 aliphatic carbocycles. The van der Waals surface area contributed by atoms with E-state index in [1.165, 1.54) is 11.3 Å². The summed E-state index contributed by atoms with van der Waals surface area (Å²) in [5, 5.41) is 1.80. The molecular formula is C17H19NO4S2. The van der Waals surface area contributed by atoms with Crippen LogP contribution in [0.3, 0.4) is 0 Å². The Balaban J connectivity index is 1.67. The Morgan fingerprint density at radius 2 is 1.92 bits per heavy atom. The van der Waals surface area contributed by atoms with Crippen LogP contribution in [0.5, 0.6) is 11.5 Å². The Morgan fingerprint density at radius 1 is 1.08 bits per heavy atom. The van der Waals surface area contributed by atoms with Crippen molar-refractivity contribution >= 4 is 21.4 Å². The van der Waals surface area contributed by atoms with E-state index in [2.05, 4.69) is 0 Å². The fourth-order valence-corrected chi connectivity index (χ4v) is 6.08. The largest absolute Gasteiger partial charge is 0.490 e. The minimum Gasteiger partial charge on any atom is -0.490 e. The summed E-state index contributed by atoms with van der Waals surface area (Å²) in [6, 6.07) is 9.09. The number of hydrogen-bond acceptors (Lipinski definition) is 5. The highest BCUT2D eigenvalue weighted by atomic mass is 32.2. The molecule has 0 N–H and O–H groups in total. The Morgan fingerprint density at radius 3 is 2.71 bits per heavy atom. The van der Waals surface area contributed by atoms with Crippen LogP contribution >= 0.6 is 11.3 Å². The highest BCUT2D eigenvalue weighted by Gasteiger charge is 2.37. The molecule has 2 aliphatic rings. The van der Waals surface area contributed by atoms with Crippen LogP contribution in [-0.2, 0) is 10.0 Å². The van der Waals surface area contributed by atoms with E-state index in [0.29, 0.717) is 29.7 Å². The second-order valence-electron chi connectivity index (χ2n) is 5.96. The molecule has 2 aromatic rings. The number of sulfonamides is 1. The lowest BCUT2D eigenvalue weighted by atomic mass is 10.0. The molecule has 0 spiro atoms. The van der Waals surface area contributed by atoms with Crippen LogP contribution in [0.15, 0.2) is 39.9 Å². The summed E-state index contributed by atoms with van der Waals surface area (Å²) < 4.78 is 39.3. The summed E-state index contributed by atoms with van der Waals surface area (Å²) in [5.74, 6) is 1.45. The molecule has 0 saturated carbocycles. The van der Waals surface area contributed by atoms with Crippen molar-refractivity contribution in [2.24, 2.45) is 0 Å². The predicted molar refractivity (Wildman–Crippen MR) is 92.2 cm³/mol. The second kappa shape index (κ2) is 6.38. The van der Waals surface area contributed by atoms with Gasteiger partial charge in [0.25, 0.3) is 10.0 Å². The van der Waals surface area contributed by atoms with Crippen molar-refractivity contribution in [3.63, 3.8) is 0 Å². The van der Waals surface area contributed by atoms with Crippen molar-refractivity contribution in [2.45, 2.75) is 29.5 Å². The SMILES string of the molecule is O=S(=O)(c1cccs1)N1CCC[C@@H]1c1ccc2c(c1)OCCCO2. The minimum atomic E-state index is -3.44. The zero-order chi connectivity index (χ0) is 16.6. The van der Waals surface area contributed by atoms with E-state index in [-0.39, 0.29) is 6.04 Å². The highest BCUT2D eigenvalue weighted by molar-refractivity contribution is 7.91. The lowest BCUT2D eigenvalue weighted by Gasteiger charge is -2.24. The molecule has 24 heavy (non-hydrogen) atoms. The molecule has 1 aromatic carbocycles. The zero-order valence-corrected chi connectivity index (χ0v) is 14.8. The van der Waals surface area contributed by atoms with E-state index in [0.717, 1.165) is 30.6 Å². The Kier molecular flexibility index (Phi) is 4.24. The fourth-order valence-electron chi connectivity index (χ4n) is 3.27. The molecule has 1 aromatic heterocycles. The van der Waals surface area contributed by atoms with Gasteiger partial charge in [0.15, 0.2) is 11.5 Å². The molecule has 7 heteroatoms. The van der Waals surface area contributed by atoms with Crippen molar-refractivity contribution in [3.8, 4) is 11.5 Å². The first kappa shape index (κ1) is 15.9. The molecule has 0 amide bonds. The van der Waals surface area contributed by atoms with Gasteiger partial charge in [0.2, 0.25) is 0 Å². The number of fused-ring (bicyclic) bond motifs is 1. The molecule has 0 bridgehead atoms. The molecule has 128 valence electrons. The molecule has 1 saturated heterocycles. The molecule has 5 nitrogen and oxygen atoms in total. The first-order valence-corrected chi connectivity index (χ1v) is 10.4. The predicted octanol–water partition coefficient (Wildman–Crippen LogP) is 3.44. The first-order valence-electron chi connectivity index (χ1n) is 8.11. The van der Waals surface area contributed by atoms with Crippen LogP contribution < -0.4 is 9.47 Å². The maximum atomic E-state index is 12.9. The standard InChI is InChI=1S/C17H19NO4S2/c19-24(20,17-5-2-11-23-17)18-8-1-4-14(18)13-6-7-15-16(12-13)22-10-3-9-21-15/h2,5-7,11-12,14H,1,3-4,8-10H2/t14-/m1/s1. The van der Waals surface area contributed by atoms with Crippen molar-refractivity contribution in [1.82, 2.24) is 4.31 Å². The van der Waals surface area contributed by atoms with Crippen molar-refractivity contribution in [1.29, 1.82) is 0 Å². The summed E-state index contributed by atoms with van der Waals surface area (Å²) in [5.41, 5.74) is 0.969. The maximum absolute atomic E-state index is 12.9. The highest BCUT2D eigenvalue weighted by Crippen LogP contribution is 2.40. The summed E-state index contributed by atoms with van der Waals surface area (Å²) in [4.78, 5) is 0. The van der Waals surface area contributed by atoms with Gasteiger partial charge < -0.3 is 9.47 Å². The van der Waals surface area contributed by atoms with E-state index in [1.807, 2.05) is 18.2 Å². The number of thiophene rings is 1. The van der Waals surface area contributed by atoms with Gasteiger partial charge in [-0.1, -0.05) is 12.1 Å². The monoisotopic (exact) mass is 365 g/mol. The van der Waals surface area contributed by atoms with Crippen molar-refractivity contribution < 1.29 is 17.9 Å². The molecular weight excluding hydrogens is 346 g/mol. The number of rotatable bonds is 3. The average Bonchev–Trinajstić information content (AvgIpc) is 3.23. The minimum absolute atomic E-state index is 0.144. The van der Waals surface area contributed by atoms with Crippen LogP contribution in [0, 0.1) is 0 Å². The molecule has 1 atom stereocenters. The van der Waals surface area contributed by atoms with Crippen LogP contribution in [0.2, 0.25) is 0 Å².